The molecule has 1 saturated heterocycles. The van der Waals surface area contributed by atoms with Crippen LogP contribution in [0, 0.1) is 0 Å². The number of benzene rings is 2. The first kappa shape index (κ1) is 22.8. The highest BCUT2D eigenvalue weighted by molar-refractivity contribution is 7.88. The molecule has 0 spiro atoms. The highest BCUT2D eigenvalue weighted by Gasteiger charge is 2.39. The maximum absolute atomic E-state index is 13.0. The average Bonchev–Trinajstić information content (AvgIpc) is 3.35. The van der Waals surface area contributed by atoms with Crippen LogP contribution in [0.25, 0.3) is 0 Å². The van der Waals surface area contributed by atoms with Crippen LogP contribution in [-0.4, -0.2) is 37.3 Å². The van der Waals surface area contributed by atoms with Crippen LogP contribution in [0.1, 0.15) is 73.5 Å². The summed E-state index contributed by atoms with van der Waals surface area (Å²) in [6.45, 7) is 5.44. The zero-order valence-electron chi connectivity index (χ0n) is 18.8. The Morgan fingerprint density at radius 1 is 1.06 bits per heavy atom. The fourth-order valence-corrected chi connectivity index (χ4v) is 6.30. The molecule has 2 aromatic rings. The number of nitrogens with zero attached hydrogens (tertiary/aromatic N) is 1. The summed E-state index contributed by atoms with van der Waals surface area (Å²) in [5.74, 6) is 0.634. The summed E-state index contributed by atoms with van der Waals surface area (Å²) in [4.78, 5) is 13.0. The molecule has 2 aliphatic heterocycles. The number of hydrogen-bond acceptors (Lipinski definition) is 4. The summed E-state index contributed by atoms with van der Waals surface area (Å²) in [6.07, 6.45) is 4.29. The zero-order chi connectivity index (χ0) is 22.8. The maximum Gasteiger partial charge on any atom is 0.251 e. The molecule has 1 N–H and O–H groups in total. The van der Waals surface area contributed by atoms with E-state index in [-0.39, 0.29) is 23.3 Å². The lowest BCUT2D eigenvalue weighted by molar-refractivity contribution is 0.0227. The molecular weight excluding hydrogens is 424 g/mol. The van der Waals surface area contributed by atoms with Gasteiger partial charge in [0.2, 0.25) is 10.0 Å². The lowest BCUT2D eigenvalue weighted by atomic mass is 9.83. The predicted molar refractivity (Wildman–Crippen MR) is 125 cm³/mol. The Morgan fingerprint density at radius 3 is 2.38 bits per heavy atom. The first-order chi connectivity index (χ1) is 15.4. The van der Waals surface area contributed by atoms with Gasteiger partial charge in [0.05, 0.1) is 11.8 Å². The van der Waals surface area contributed by atoms with E-state index >= 15 is 0 Å². The van der Waals surface area contributed by atoms with Gasteiger partial charge in [0.15, 0.2) is 0 Å². The molecule has 0 bridgehead atoms. The molecule has 4 rings (SSSR count). The lowest BCUT2D eigenvalue weighted by Crippen LogP contribution is -2.44. The first-order valence-electron chi connectivity index (χ1n) is 11.5. The van der Waals surface area contributed by atoms with Crippen molar-refractivity contribution in [3.63, 3.8) is 0 Å². The van der Waals surface area contributed by atoms with Crippen LogP contribution in [0.5, 0.6) is 5.75 Å². The maximum atomic E-state index is 13.0. The van der Waals surface area contributed by atoms with Gasteiger partial charge in [0.1, 0.15) is 11.4 Å². The van der Waals surface area contributed by atoms with Gasteiger partial charge >= 0.3 is 0 Å². The van der Waals surface area contributed by atoms with E-state index in [9.17, 15) is 13.2 Å². The third-order valence-corrected chi connectivity index (χ3v) is 8.66. The minimum Gasteiger partial charge on any atom is -0.487 e. The number of fused-ring (bicyclic) bond motifs is 1. The first-order valence-corrected chi connectivity index (χ1v) is 13.1. The van der Waals surface area contributed by atoms with Crippen molar-refractivity contribution < 1.29 is 17.9 Å². The molecule has 2 heterocycles. The van der Waals surface area contributed by atoms with Crippen LogP contribution in [-0.2, 0) is 15.8 Å². The van der Waals surface area contributed by atoms with Gasteiger partial charge in [-0.05, 0) is 49.4 Å². The number of amides is 1. The van der Waals surface area contributed by atoms with Crippen molar-refractivity contribution in [2.45, 2.75) is 63.3 Å². The van der Waals surface area contributed by atoms with E-state index in [1.807, 2.05) is 24.3 Å². The summed E-state index contributed by atoms with van der Waals surface area (Å²) in [7, 11) is -3.30. The molecule has 0 radical (unpaired) electrons. The Hall–Kier alpha value is -2.38. The Kier molecular flexibility index (Phi) is 6.58. The van der Waals surface area contributed by atoms with Gasteiger partial charge in [-0.25, -0.2) is 12.7 Å². The van der Waals surface area contributed by atoms with Crippen LogP contribution in [0.4, 0.5) is 0 Å². The van der Waals surface area contributed by atoms with Gasteiger partial charge in [0, 0.05) is 30.6 Å². The number of carbonyl (C=O) groups is 1. The summed E-state index contributed by atoms with van der Waals surface area (Å²) in [5, 5.41) is 3.18. The minimum atomic E-state index is -3.30. The molecule has 0 aromatic heterocycles. The number of sulfonamides is 1. The molecule has 172 valence electrons. The molecule has 0 saturated carbocycles. The van der Waals surface area contributed by atoms with E-state index in [0.29, 0.717) is 24.2 Å². The third-order valence-electron chi connectivity index (χ3n) is 6.81. The standard InChI is InChI=1S/C25H32N2O4S/c1-3-25(4-2)17-22(21-9-5-6-10-23(21)31-25)26-24(28)20-13-11-19(12-14-20)18-32(29,30)27-15-7-8-16-27/h5-6,9-14,22H,3-4,7-8,15-18H2,1-2H3,(H,26,28)/t22-/m1/s1. The Labute approximate surface area is 191 Å². The van der Waals surface area contributed by atoms with Gasteiger partial charge in [-0.1, -0.05) is 44.2 Å². The Bertz CT molecular complexity index is 1060. The highest BCUT2D eigenvalue weighted by Crippen LogP contribution is 2.42. The normalized spacial score (nSPS) is 20.4. The number of carbonyl (C=O) groups excluding carboxylic acids is 1. The van der Waals surface area contributed by atoms with E-state index in [0.717, 1.165) is 43.4 Å². The van der Waals surface area contributed by atoms with Crippen LogP contribution in [0.2, 0.25) is 0 Å². The van der Waals surface area contributed by atoms with Crippen LogP contribution in [0.3, 0.4) is 0 Å². The number of ether oxygens (including phenoxy) is 1. The van der Waals surface area contributed by atoms with Gasteiger partial charge in [0.25, 0.3) is 5.91 Å². The minimum absolute atomic E-state index is 0.0300. The molecule has 1 atom stereocenters. The topological polar surface area (TPSA) is 75.7 Å². The molecule has 32 heavy (non-hydrogen) atoms. The van der Waals surface area contributed by atoms with Crippen LogP contribution in [0.15, 0.2) is 48.5 Å². The van der Waals surface area contributed by atoms with Crippen LogP contribution < -0.4 is 10.1 Å². The second kappa shape index (κ2) is 9.24. The van der Waals surface area contributed by atoms with E-state index in [1.54, 1.807) is 28.6 Å². The molecule has 2 aromatic carbocycles. The molecule has 7 heteroatoms. The summed E-state index contributed by atoms with van der Waals surface area (Å²) < 4.78 is 33.0. The van der Waals surface area contributed by atoms with Crippen molar-refractivity contribution in [2.24, 2.45) is 0 Å². The smallest absolute Gasteiger partial charge is 0.251 e. The van der Waals surface area contributed by atoms with Crippen molar-refractivity contribution in [3.8, 4) is 5.75 Å². The van der Waals surface area contributed by atoms with Gasteiger partial charge in [-0.2, -0.15) is 0 Å². The molecule has 0 aliphatic carbocycles. The fraction of sp³-hybridized carbons (Fsp3) is 0.480. The zero-order valence-corrected chi connectivity index (χ0v) is 19.7. The van der Waals surface area contributed by atoms with Crippen molar-refractivity contribution in [2.75, 3.05) is 13.1 Å². The van der Waals surface area contributed by atoms with E-state index in [4.69, 9.17) is 4.74 Å². The lowest BCUT2D eigenvalue weighted by Gasteiger charge is -2.41. The Balaban J connectivity index is 1.48. The quantitative estimate of drug-likeness (QED) is 0.669. The van der Waals surface area contributed by atoms with Gasteiger partial charge in [-0.3, -0.25) is 4.79 Å². The van der Waals surface area contributed by atoms with Crippen molar-refractivity contribution >= 4 is 15.9 Å². The largest absolute Gasteiger partial charge is 0.487 e. The molecule has 1 fully saturated rings. The third kappa shape index (κ3) is 4.69. The van der Waals surface area contributed by atoms with Crippen molar-refractivity contribution in [3.05, 3.63) is 65.2 Å². The van der Waals surface area contributed by atoms with Crippen molar-refractivity contribution in [1.82, 2.24) is 9.62 Å². The summed E-state index contributed by atoms with van der Waals surface area (Å²) >= 11 is 0. The molecule has 1 amide bonds. The highest BCUT2D eigenvalue weighted by atomic mass is 32.2. The fourth-order valence-electron chi connectivity index (χ4n) is 4.69. The number of para-hydroxylation sites is 1. The SMILES string of the molecule is CCC1(CC)C[C@@H](NC(=O)c2ccc(CS(=O)(=O)N3CCCC3)cc2)c2ccccc2O1. The second-order valence-corrected chi connectivity index (χ2v) is 10.8. The van der Waals surface area contributed by atoms with Gasteiger partial charge in [-0.15, -0.1) is 0 Å². The summed E-state index contributed by atoms with van der Waals surface area (Å²) in [5.41, 5.74) is 1.92. The van der Waals surface area contributed by atoms with E-state index in [1.165, 1.54) is 0 Å². The molecule has 6 nitrogen and oxygen atoms in total. The van der Waals surface area contributed by atoms with Crippen molar-refractivity contribution in [1.29, 1.82) is 0 Å². The molecule has 2 aliphatic rings. The Morgan fingerprint density at radius 2 is 1.72 bits per heavy atom. The van der Waals surface area contributed by atoms with Crippen LogP contribution >= 0.6 is 0 Å². The van der Waals surface area contributed by atoms with E-state index < -0.39 is 10.0 Å². The second-order valence-electron chi connectivity index (χ2n) is 8.82. The average molecular weight is 457 g/mol. The summed E-state index contributed by atoms with van der Waals surface area (Å²) in [6, 6.07) is 14.6. The van der Waals surface area contributed by atoms with E-state index in [2.05, 4.69) is 19.2 Å². The predicted octanol–water partition coefficient (Wildman–Crippen LogP) is 4.42. The monoisotopic (exact) mass is 456 g/mol. The van der Waals surface area contributed by atoms with Gasteiger partial charge < -0.3 is 10.1 Å². The number of rotatable bonds is 7. The molecular formula is C25H32N2O4S. The number of hydrogen-bond donors (Lipinski definition) is 1. The number of nitrogens with one attached hydrogen (secondary N) is 1. The molecule has 0 unspecified atom stereocenters.